The number of aryl methyl sites for hydroxylation is 5. The number of hydrogen-bond acceptors (Lipinski definition) is 11. The van der Waals surface area contributed by atoms with E-state index in [4.69, 9.17) is 15.0 Å². The van der Waals surface area contributed by atoms with Crippen LogP contribution in [0.2, 0.25) is 58.9 Å². The molecule has 0 aliphatic rings. The van der Waals surface area contributed by atoms with Crippen molar-refractivity contribution in [1.82, 2.24) is 54.8 Å². The van der Waals surface area contributed by atoms with E-state index in [0.717, 1.165) is 78.9 Å². The first-order valence-corrected chi connectivity index (χ1v) is 46.1. The van der Waals surface area contributed by atoms with Gasteiger partial charge in [-0.05, 0) is 111 Å². The van der Waals surface area contributed by atoms with Crippen LogP contribution in [-0.4, -0.2) is 79.0 Å². The normalized spacial score (nSPS) is 10.6. The van der Waals surface area contributed by atoms with Crippen LogP contribution in [-0.2, 0) is 60.3 Å². The Morgan fingerprint density at radius 1 is 0.282 bits per heavy atom. The number of aromatic nitrogens is 11. The molecule has 7 aromatic carbocycles. The van der Waals surface area contributed by atoms with E-state index in [1.54, 1.807) is 31.0 Å². The Morgan fingerprint density at radius 3 is 0.936 bits per heavy atom. The summed E-state index contributed by atoms with van der Waals surface area (Å²) in [6, 6.07) is 93.0. The predicted octanol–water partition coefficient (Wildman–Crippen LogP) is 20.4. The number of hydrogen-bond donors (Lipinski definition) is 0. The van der Waals surface area contributed by atoms with E-state index < -0.39 is 24.2 Å². The molecule has 561 valence electrons. The quantitative estimate of drug-likeness (QED) is 0.0852. The van der Waals surface area contributed by atoms with Crippen LogP contribution >= 0.6 is 0 Å². The SMILES string of the molecule is Cc1c[c-]c(-c2ccncn2)c(C)n1.Cc1cc(-c2[c-]ccc(-c3ccccc3)c2)ncc1[Si](C)(C)C.Cc1cc(-c2[c-]ccc(-c3ccccc3)c2)ncc1[Si](C)(C)C.Cc1cc(-c2[c-]ccc(-c3ccccc3)c2)ncc1[Si](C)(C)C.[Ir].[Ir].[Ir].[c-]1ccccc1-c1ccncn1.[c-]1cnccc1-c1ccncn1. The van der Waals surface area contributed by atoms with E-state index in [-0.39, 0.29) is 60.3 Å². The number of rotatable bonds is 12. The molecule has 0 aliphatic heterocycles. The van der Waals surface area contributed by atoms with Crippen molar-refractivity contribution in [1.29, 1.82) is 0 Å². The van der Waals surface area contributed by atoms with Gasteiger partial charge in [0.25, 0.3) is 0 Å². The third-order valence-corrected chi connectivity index (χ3v) is 23.7. The Morgan fingerprint density at radius 2 is 0.627 bits per heavy atom. The molecular formula is C93H89Ir3N11Si3-6. The Bertz CT molecular complexity index is 4790. The van der Waals surface area contributed by atoms with Gasteiger partial charge >= 0.3 is 0 Å². The molecule has 110 heavy (non-hydrogen) atoms. The van der Waals surface area contributed by atoms with E-state index in [1.807, 2.05) is 105 Å². The topological polar surface area (TPSA) is 142 Å². The van der Waals surface area contributed by atoms with Gasteiger partial charge in [-0.2, -0.15) is 11.6 Å². The summed E-state index contributed by atoms with van der Waals surface area (Å²) < 4.78 is 0. The molecule has 0 bridgehead atoms. The molecule has 0 unspecified atom stereocenters. The minimum absolute atomic E-state index is 0. The molecule has 15 aromatic rings. The van der Waals surface area contributed by atoms with Crippen LogP contribution in [0.15, 0.2) is 287 Å². The molecule has 0 N–H and O–H groups in total. The van der Waals surface area contributed by atoms with Crippen molar-refractivity contribution in [2.45, 2.75) is 93.5 Å². The van der Waals surface area contributed by atoms with Crippen LogP contribution in [0.25, 0.3) is 101 Å². The molecule has 3 radical (unpaired) electrons. The fourth-order valence-electron chi connectivity index (χ4n) is 12.0. The van der Waals surface area contributed by atoms with E-state index in [0.29, 0.717) is 0 Å². The van der Waals surface area contributed by atoms with Crippen LogP contribution in [0.4, 0.5) is 0 Å². The second-order valence-electron chi connectivity index (χ2n) is 28.7. The van der Waals surface area contributed by atoms with Crippen LogP contribution in [0.1, 0.15) is 28.1 Å². The Hall–Kier alpha value is -9.87. The Kier molecular flexibility index (Phi) is 33.6. The van der Waals surface area contributed by atoms with Crippen LogP contribution in [0.5, 0.6) is 0 Å². The summed E-state index contributed by atoms with van der Waals surface area (Å²) in [5, 5.41) is 4.29. The van der Waals surface area contributed by atoms with Gasteiger partial charge in [-0.3, -0.25) is 15.0 Å². The first-order chi connectivity index (χ1) is 51.5. The third-order valence-electron chi connectivity index (χ3n) is 17.3. The summed E-state index contributed by atoms with van der Waals surface area (Å²) in [6.07, 6.45) is 19.3. The summed E-state index contributed by atoms with van der Waals surface area (Å²) in [7, 11) is -4.01. The van der Waals surface area contributed by atoms with Gasteiger partial charge in [0, 0.05) is 97.5 Å². The summed E-state index contributed by atoms with van der Waals surface area (Å²) in [6.45, 7) is 31.7. The van der Waals surface area contributed by atoms with Crippen molar-refractivity contribution in [2.24, 2.45) is 0 Å². The first kappa shape index (κ1) is 87.4. The van der Waals surface area contributed by atoms with Gasteiger partial charge < -0.3 is 24.9 Å². The monoisotopic (exact) mass is 2020 g/mol. The van der Waals surface area contributed by atoms with Crippen molar-refractivity contribution in [3.8, 4) is 101 Å². The molecule has 0 aliphatic carbocycles. The van der Waals surface area contributed by atoms with Crippen LogP contribution in [0, 0.1) is 71.0 Å². The van der Waals surface area contributed by atoms with E-state index in [2.05, 4.69) is 302 Å². The summed E-state index contributed by atoms with van der Waals surface area (Å²) in [4.78, 5) is 46.3. The average Bonchev–Trinajstić information content (AvgIpc) is 0.814. The average molecular weight is 2020 g/mol. The first-order valence-electron chi connectivity index (χ1n) is 35.6. The molecule has 8 heterocycles. The van der Waals surface area contributed by atoms with E-state index in [1.165, 1.54) is 84.6 Å². The standard InChI is InChI=1S/3C21H22NSi.C11H10N3.C10H7N2.C9H6N3.3Ir/c3*1-16-13-20(22-15-21(16)23(2,3)4)19-12-8-11-18(14-19)17-9-6-5-7-10-17;1-8-3-4-10(9(2)14-8)11-5-6-12-7-13-11;1-2-4-9(5-3-1)10-6-7-11-8-12-10;1-4-10-5-2-8(1)9-3-6-11-7-12-9;;;/h3*5-11,13-15H,1-4H3;3,5-7H,1-2H3;1-4,6-8H;1,3-7H;;;/q6*-1;;;. The number of pyridine rings is 5. The molecule has 0 saturated heterocycles. The molecule has 11 nitrogen and oxygen atoms in total. The Labute approximate surface area is 694 Å². The number of benzene rings is 7. The van der Waals surface area contributed by atoms with Crippen LogP contribution < -0.4 is 15.6 Å². The van der Waals surface area contributed by atoms with Crippen molar-refractivity contribution in [3.63, 3.8) is 0 Å². The molecule has 0 spiro atoms. The smallest absolute Gasteiger partial charge is 0.105 e. The second-order valence-corrected chi connectivity index (χ2v) is 43.8. The van der Waals surface area contributed by atoms with Gasteiger partial charge in [-0.25, -0.2) is 15.0 Å². The minimum atomic E-state index is -1.34. The van der Waals surface area contributed by atoms with Gasteiger partial charge in [0.05, 0.1) is 24.2 Å². The van der Waals surface area contributed by atoms with Crippen molar-refractivity contribution in [3.05, 3.63) is 351 Å². The van der Waals surface area contributed by atoms with Gasteiger partial charge in [0.15, 0.2) is 0 Å². The van der Waals surface area contributed by atoms with Crippen molar-refractivity contribution >= 4 is 39.8 Å². The second kappa shape index (κ2) is 42.4. The summed E-state index contributed by atoms with van der Waals surface area (Å²) in [5.41, 5.74) is 24.9. The molecule has 0 saturated carbocycles. The van der Waals surface area contributed by atoms with E-state index >= 15 is 0 Å². The van der Waals surface area contributed by atoms with E-state index in [9.17, 15) is 0 Å². The zero-order valence-electron chi connectivity index (χ0n) is 64.6. The minimum Gasteiger partial charge on any atom is -0.354 e. The molecule has 17 heteroatoms. The van der Waals surface area contributed by atoms with Crippen molar-refractivity contribution in [2.75, 3.05) is 0 Å². The number of nitrogens with zero attached hydrogens (tertiary/aromatic N) is 11. The zero-order chi connectivity index (χ0) is 75.8. The zero-order valence-corrected chi connectivity index (χ0v) is 74.7. The fourth-order valence-corrected chi connectivity index (χ4v) is 17.1. The van der Waals surface area contributed by atoms with Crippen molar-refractivity contribution < 1.29 is 60.3 Å². The summed E-state index contributed by atoms with van der Waals surface area (Å²) in [5.74, 6) is 0. The molecule has 0 fully saturated rings. The maximum atomic E-state index is 4.71. The molecule has 0 amide bonds. The third kappa shape index (κ3) is 25.6. The molecule has 15 rings (SSSR count). The maximum Gasteiger partial charge on any atom is 0.105 e. The summed E-state index contributed by atoms with van der Waals surface area (Å²) >= 11 is 0. The fraction of sp³-hybridized carbons (Fsp3) is 0.151. The van der Waals surface area contributed by atoms with Gasteiger partial charge in [0.1, 0.15) is 19.0 Å². The molecular weight excluding hydrogens is 1930 g/mol. The van der Waals surface area contributed by atoms with Gasteiger partial charge in [0.2, 0.25) is 0 Å². The van der Waals surface area contributed by atoms with Gasteiger partial charge in [-0.15, -0.1) is 166 Å². The predicted molar refractivity (Wildman–Crippen MR) is 449 cm³/mol. The maximum absolute atomic E-state index is 4.71. The molecule has 0 atom stereocenters. The van der Waals surface area contributed by atoms with Crippen LogP contribution in [0.3, 0.4) is 0 Å². The Balaban J connectivity index is 0.000000186. The largest absolute Gasteiger partial charge is 0.354 e. The molecule has 8 aromatic heterocycles. The van der Waals surface area contributed by atoms with Gasteiger partial charge in [-0.1, -0.05) is 217 Å².